The van der Waals surface area contributed by atoms with Crippen LogP contribution in [0.5, 0.6) is 0 Å². The zero-order valence-corrected chi connectivity index (χ0v) is 15.7. The SMILES string of the molecule is CC(C)(C)S(=O)(=O)c1ccc(NC2CCOC3(CCCC3)C2)cn1. The number of ether oxygens (including phenoxy) is 1. The summed E-state index contributed by atoms with van der Waals surface area (Å²) in [5, 5.41) is 3.65. The molecule has 1 unspecified atom stereocenters. The van der Waals surface area contributed by atoms with Crippen molar-refractivity contribution in [1.29, 1.82) is 0 Å². The highest BCUT2D eigenvalue weighted by Gasteiger charge is 2.40. The van der Waals surface area contributed by atoms with E-state index in [1.165, 1.54) is 12.8 Å². The second-order valence-corrected chi connectivity index (χ2v) is 10.7. The first kappa shape index (κ1) is 17.7. The molecule has 1 aliphatic heterocycles. The average molecular weight is 353 g/mol. The molecule has 6 heteroatoms. The zero-order valence-electron chi connectivity index (χ0n) is 14.8. The minimum absolute atomic E-state index is 0.0683. The number of rotatable bonds is 3. The molecular weight excluding hydrogens is 324 g/mol. The highest BCUT2D eigenvalue weighted by atomic mass is 32.2. The molecular formula is C18H28N2O3S. The third-order valence-electron chi connectivity index (χ3n) is 5.20. The average Bonchev–Trinajstić information content (AvgIpc) is 2.94. The summed E-state index contributed by atoms with van der Waals surface area (Å²) in [6.45, 7) is 5.87. The first-order valence-corrected chi connectivity index (χ1v) is 10.3. The number of hydrogen-bond donors (Lipinski definition) is 1. The van der Waals surface area contributed by atoms with Gasteiger partial charge in [0, 0.05) is 12.6 Å². The van der Waals surface area contributed by atoms with Crippen LogP contribution in [0.3, 0.4) is 0 Å². The number of pyridine rings is 1. The molecule has 1 saturated heterocycles. The number of sulfone groups is 1. The summed E-state index contributed by atoms with van der Waals surface area (Å²) in [4.78, 5) is 4.19. The normalized spacial score (nSPS) is 24.2. The van der Waals surface area contributed by atoms with Gasteiger partial charge < -0.3 is 10.1 Å². The van der Waals surface area contributed by atoms with Crippen LogP contribution in [0.15, 0.2) is 23.4 Å². The van der Waals surface area contributed by atoms with Gasteiger partial charge >= 0.3 is 0 Å². The third-order valence-corrected chi connectivity index (χ3v) is 7.60. The maximum absolute atomic E-state index is 12.4. The number of nitrogens with one attached hydrogen (secondary N) is 1. The van der Waals surface area contributed by atoms with E-state index in [4.69, 9.17) is 4.74 Å². The number of aromatic nitrogens is 1. The molecule has 0 aromatic carbocycles. The molecule has 1 spiro atoms. The van der Waals surface area contributed by atoms with Crippen molar-refractivity contribution in [2.45, 2.75) is 80.7 Å². The standard InChI is InChI=1S/C18H28N2O3S/c1-17(2,3)24(21,22)16-7-6-15(13-19-16)20-14-8-11-23-18(12-14)9-4-5-10-18/h6-7,13-14,20H,4-5,8-12H2,1-3H3. The number of anilines is 1. The summed E-state index contributed by atoms with van der Waals surface area (Å²) < 4.78 is 30.1. The van der Waals surface area contributed by atoms with Gasteiger partial charge in [0.05, 0.1) is 22.2 Å². The molecule has 5 nitrogen and oxygen atoms in total. The largest absolute Gasteiger partial charge is 0.381 e. The van der Waals surface area contributed by atoms with Gasteiger partial charge in [0.1, 0.15) is 0 Å². The van der Waals surface area contributed by atoms with Crippen LogP contribution in [0.2, 0.25) is 0 Å². The molecule has 1 aliphatic carbocycles. The monoisotopic (exact) mass is 352 g/mol. The Morgan fingerprint density at radius 3 is 2.54 bits per heavy atom. The van der Waals surface area contributed by atoms with Crippen LogP contribution in [0, 0.1) is 0 Å². The quantitative estimate of drug-likeness (QED) is 0.901. The van der Waals surface area contributed by atoms with Gasteiger partial charge in [-0.15, -0.1) is 0 Å². The fourth-order valence-corrected chi connectivity index (χ4v) is 4.76. The van der Waals surface area contributed by atoms with Crippen molar-refractivity contribution < 1.29 is 13.2 Å². The van der Waals surface area contributed by atoms with Crippen molar-refractivity contribution >= 4 is 15.5 Å². The zero-order chi connectivity index (χ0) is 17.4. The second-order valence-electron chi connectivity index (χ2n) is 8.07. The first-order valence-electron chi connectivity index (χ1n) is 8.83. The fourth-order valence-electron chi connectivity index (χ4n) is 3.69. The van der Waals surface area contributed by atoms with E-state index < -0.39 is 14.6 Å². The van der Waals surface area contributed by atoms with Crippen LogP contribution < -0.4 is 5.32 Å². The summed E-state index contributed by atoms with van der Waals surface area (Å²) in [5.41, 5.74) is 0.946. The van der Waals surface area contributed by atoms with Gasteiger partial charge in [0.2, 0.25) is 0 Å². The van der Waals surface area contributed by atoms with Crippen LogP contribution in [0.4, 0.5) is 5.69 Å². The van der Waals surface area contributed by atoms with Crippen molar-refractivity contribution in [2.24, 2.45) is 0 Å². The minimum Gasteiger partial charge on any atom is -0.381 e. The van der Waals surface area contributed by atoms with E-state index in [0.29, 0.717) is 6.04 Å². The lowest BCUT2D eigenvalue weighted by Crippen LogP contribution is -2.42. The molecule has 1 atom stereocenters. The Kier molecular flexibility index (Phi) is 4.64. The van der Waals surface area contributed by atoms with Crippen LogP contribution in [0.1, 0.15) is 59.3 Å². The molecule has 0 radical (unpaired) electrons. The molecule has 2 fully saturated rings. The summed E-state index contributed by atoms with van der Waals surface area (Å²) in [6.07, 6.45) is 8.47. The molecule has 24 heavy (non-hydrogen) atoms. The fraction of sp³-hybridized carbons (Fsp3) is 0.722. The highest BCUT2D eigenvalue weighted by molar-refractivity contribution is 7.92. The van der Waals surface area contributed by atoms with E-state index >= 15 is 0 Å². The lowest BCUT2D eigenvalue weighted by Gasteiger charge is -2.38. The van der Waals surface area contributed by atoms with E-state index in [9.17, 15) is 8.42 Å². The molecule has 2 heterocycles. The summed E-state index contributed by atoms with van der Waals surface area (Å²) in [6, 6.07) is 3.79. The maximum atomic E-state index is 12.4. The molecule has 0 bridgehead atoms. The number of hydrogen-bond acceptors (Lipinski definition) is 5. The molecule has 134 valence electrons. The molecule has 1 saturated carbocycles. The van der Waals surface area contributed by atoms with Crippen LogP contribution >= 0.6 is 0 Å². The van der Waals surface area contributed by atoms with E-state index in [1.807, 2.05) is 6.07 Å². The Labute approximate surface area is 145 Å². The smallest absolute Gasteiger partial charge is 0.200 e. The van der Waals surface area contributed by atoms with Crippen molar-refractivity contribution in [2.75, 3.05) is 11.9 Å². The van der Waals surface area contributed by atoms with Gasteiger partial charge in [-0.05, 0) is 58.6 Å². The van der Waals surface area contributed by atoms with E-state index in [2.05, 4.69) is 10.3 Å². The van der Waals surface area contributed by atoms with Crippen LogP contribution in [-0.2, 0) is 14.6 Å². The Morgan fingerprint density at radius 2 is 1.96 bits per heavy atom. The topological polar surface area (TPSA) is 68.3 Å². The molecule has 2 aliphatic rings. The Balaban J connectivity index is 1.68. The minimum atomic E-state index is -3.40. The van der Waals surface area contributed by atoms with Crippen molar-refractivity contribution in [1.82, 2.24) is 4.98 Å². The van der Waals surface area contributed by atoms with E-state index in [-0.39, 0.29) is 10.6 Å². The summed E-state index contributed by atoms with van der Waals surface area (Å²) in [7, 11) is -3.40. The van der Waals surface area contributed by atoms with Gasteiger partial charge in [0.15, 0.2) is 14.9 Å². The molecule has 1 aromatic rings. The molecule has 0 amide bonds. The van der Waals surface area contributed by atoms with Crippen molar-refractivity contribution in [3.05, 3.63) is 18.3 Å². The molecule has 1 aromatic heterocycles. The molecule has 3 rings (SSSR count). The Bertz CT molecular complexity index is 671. The van der Waals surface area contributed by atoms with Gasteiger partial charge in [-0.25, -0.2) is 13.4 Å². The lowest BCUT2D eigenvalue weighted by atomic mass is 9.89. The summed E-state index contributed by atoms with van der Waals surface area (Å²) in [5.74, 6) is 0. The van der Waals surface area contributed by atoms with Crippen molar-refractivity contribution in [3.8, 4) is 0 Å². The predicted molar refractivity (Wildman–Crippen MR) is 95.0 cm³/mol. The van der Waals surface area contributed by atoms with Gasteiger partial charge in [-0.3, -0.25) is 0 Å². The van der Waals surface area contributed by atoms with Gasteiger partial charge in [-0.1, -0.05) is 12.8 Å². The van der Waals surface area contributed by atoms with Crippen LogP contribution in [-0.4, -0.2) is 36.4 Å². The second kappa shape index (κ2) is 6.30. The Morgan fingerprint density at radius 1 is 1.25 bits per heavy atom. The maximum Gasteiger partial charge on any atom is 0.200 e. The van der Waals surface area contributed by atoms with Gasteiger partial charge in [-0.2, -0.15) is 0 Å². The highest BCUT2D eigenvalue weighted by Crippen LogP contribution is 2.40. The third kappa shape index (κ3) is 3.45. The van der Waals surface area contributed by atoms with E-state index in [1.54, 1.807) is 33.0 Å². The van der Waals surface area contributed by atoms with Crippen molar-refractivity contribution in [3.63, 3.8) is 0 Å². The number of nitrogens with zero attached hydrogens (tertiary/aromatic N) is 1. The Hall–Kier alpha value is -1.14. The molecule has 1 N–H and O–H groups in total. The lowest BCUT2D eigenvalue weighted by molar-refractivity contribution is -0.0767. The first-order chi connectivity index (χ1) is 11.2. The van der Waals surface area contributed by atoms with Gasteiger partial charge in [0.25, 0.3) is 0 Å². The van der Waals surface area contributed by atoms with E-state index in [0.717, 1.165) is 38.0 Å². The van der Waals surface area contributed by atoms with Crippen LogP contribution in [0.25, 0.3) is 0 Å². The predicted octanol–water partition coefficient (Wildman–Crippen LogP) is 3.56. The summed E-state index contributed by atoms with van der Waals surface area (Å²) >= 11 is 0.